The lowest BCUT2D eigenvalue weighted by atomic mass is 10.2. The van der Waals surface area contributed by atoms with Gasteiger partial charge in [-0.3, -0.25) is 9.88 Å². The lowest BCUT2D eigenvalue weighted by molar-refractivity contribution is 0.246. The van der Waals surface area contributed by atoms with Gasteiger partial charge in [-0.2, -0.15) is 4.98 Å². The second kappa shape index (κ2) is 7.42. The Morgan fingerprint density at radius 2 is 2.04 bits per heavy atom. The number of hydrogen-bond donors (Lipinski definition) is 0. The van der Waals surface area contributed by atoms with Crippen LogP contribution in [0.15, 0.2) is 29.0 Å². The van der Waals surface area contributed by atoms with Gasteiger partial charge in [0.25, 0.3) is 0 Å². The predicted octanol–water partition coefficient (Wildman–Crippen LogP) is 2.62. The summed E-state index contributed by atoms with van der Waals surface area (Å²) in [6.07, 6.45) is 3.50. The molecule has 2 aromatic rings. The molecule has 0 amide bonds. The molecular weight excluding hydrogens is 382 g/mol. The first-order valence-corrected chi connectivity index (χ1v) is 8.47. The van der Waals surface area contributed by atoms with Crippen LogP contribution in [0.25, 0.3) is 0 Å². The third-order valence-corrected chi connectivity index (χ3v) is 4.64. The fraction of sp³-hybridized carbons (Fsp3) is 0.400. The van der Waals surface area contributed by atoms with Crippen molar-refractivity contribution in [3.63, 3.8) is 0 Å². The van der Waals surface area contributed by atoms with Crippen molar-refractivity contribution < 1.29 is 4.74 Å². The first kappa shape index (κ1) is 16.4. The fourth-order valence-electron chi connectivity index (χ4n) is 2.49. The van der Waals surface area contributed by atoms with E-state index < -0.39 is 0 Å². The summed E-state index contributed by atoms with van der Waals surface area (Å²) in [5.74, 6) is 1.25. The van der Waals surface area contributed by atoms with Gasteiger partial charge in [0.15, 0.2) is 0 Å². The number of piperazine rings is 1. The van der Waals surface area contributed by atoms with Crippen molar-refractivity contribution >= 4 is 33.5 Å². The molecule has 0 unspecified atom stereocenters. The van der Waals surface area contributed by atoms with Crippen LogP contribution >= 0.6 is 27.5 Å². The highest BCUT2D eigenvalue weighted by atomic mass is 79.9. The van der Waals surface area contributed by atoms with Gasteiger partial charge in [0, 0.05) is 38.9 Å². The first-order chi connectivity index (χ1) is 11.2. The van der Waals surface area contributed by atoms with Gasteiger partial charge in [-0.05, 0) is 28.1 Å². The molecule has 3 rings (SSSR count). The van der Waals surface area contributed by atoms with E-state index in [1.807, 2.05) is 12.1 Å². The second-order valence-electron chi connectivity index (χ2n) is 5.22. The van der Waals surface area contributed by atoms with Crippen LogP contribution in [0.1, 0.15) is 5.69 Å². The molecule has 0 aromatic carbocycles. The van der Waals surface area contributed by atoms with Crippen molar-refractivity contribution in [3.8, 4) is 5.88 Å². The lowest BCUT2D eigenvalue weighted by Crippen LogP contribution is -2.46. The van der Waals surface area contributed by atoms with Crippen LogP contribution in [0.3, 0.4) is 0 Å². The third kappa shape index (κ3) is 3.91. The van der Waals surface area contributed by atoms with Crippen LogP contribution in [0, 0.1) is 0 Å². The van der Waals surface area contributed by atoms with E-state index >= 15 is 0 Å². The van der Waals surface area contributed by atoms with E-state index in [-0.39, 0.29) is 0 Å². The molecule has 6 nitrogen and oxygen atoms in total. The van der Waals surface area contributed by atoms with Crippen LogP contribution < -0.4 is 9.64 Å². The van der Waals surface area contributed by atoms with E-state index in [0.717, 1.165) is 47.9 Å². The Bertz CT molecular complexity index is 679. The molecule has 1 aliphatic heterocycles. The average molecular weight is 399 g/mol. The smallest absolute Gasteiger partial charge is 0.232 e. The van der Waals surface area contributed by atoms with E-state index in [2.05, 4.69) is 40.7 Å². The Balaban J connectivity index is 1.61. The summed E-state index contributed by atoms with van der Waals surface area (Å²) in [4.78, 5) is 17.6. The minimum Gasteiger partial charge on any atom is -0.480 e. The number of halogens is 2. The van der Waals surface area contributed by atoms with Crippen molar-refractivity contribution in [2.45, 2.75) is 6.54 Å². The summed E-state index contributed by atoms with van der Waals surface area (Å²) in [6.45, 7) is 4.30. The zero-order chi connectivity index (χ0) is 16.2. The highest BCUT2D eigenvalue weighted by Gasteiger charge is 2.21. The minimum absolute atomic E-state index is 0.553. The van der Waals surface area contributed by atoms with E-state index in [4.69, 9.17) is 16.3 Å². The highest BCUT2D eigenvalue weighted by Crippen LogP contribution is 2.24. The molecular formula is C15H17BrClN5O. The summed E-state index contributed by atoms with van der Waals surface area (Å²) in [5, 5.41) is 0.718. The maximum absolute atomic E-state index is 6.18. The number of ether oxygens (including phenoxy) is 1. The minimum atomic E-state index is 0.553. The number of nitrogens with zero attached hydrogens (tertiary/aromatic N) is 5. The number of rotatable bonds is 4. The molecule has 0 saturated carbocycles. The number of methoxy groups -OCH3 is 1. The molecule has 23 heavy (non-hydrogen) atoms. The molecule has 0 radical (unpaired) electrons. The summed E-state index contributed by atoms with van der Waals surface area (Å²) < 4.78 is 5.99. The van der Waals surface area contributed by atoms with Gasteiger partial charge in [0.1, 0.15) is 0 Å². The molecule has 1 saturated heterocycles. The molecule has 0 spiro atoms. The predicted molar refractivity (Wildman–Crippen MR) is 93.0 cm³/mol. The molecule has 0 aliphatic carbocycles. The summed E-state index contributed by atoms with van der Waals surface area (Å²) in [6, 6.07) is 3.73. The van der Waals surface area contributed by atoms with Crippen LogP contribution in [0.2, 0.25) is 5.02 Å². The Labute approximate surface area is 148 Å². The second-order valence-corrected chi connectivity index (χ2v) is 6.48. The van der Waals surface area contributed by atoms with Crippen molar-refractivity contribution in [1.82, 2.24) is 19.9 Å². The number of anilines is 1. The number of pyridine rings is 1. The summed E-state index contributed by atoms with van der Waals surface area (Å²) >= 11 is 9.55. The first-order valence-electron chi connectivity index (χ1n) is 7.30. The van der Waals surface area contributed by atoms with Crippen LogP contribution in [-0.2, 0) is 6.54 Å². The van der Waals surface area contributed by atoms with Crippen LogP contribution in [0.4, 0.5) is 5.95 Å². The van der Waals surface area contributed by atoms with Gasteiger partial charge in [-0.1, -0.05) is 11.6 Å². The van der Waals surface area contributed by atoms with E-state index in [9.17, 15) is 0 Å². The van der Waals surface area contributed by atoms with E-state index in [1.165, 1.54) is 0 Å². The molecule has 2 aromatic heterocycles. The van der Waals surface area contributed by atoms with Gasteiger partial charge in [0.05, 0.1) is 28.5 Å². The SMILES string of the molecule is COc1nc(N2CCN(Cc3ncccc3Cl)CC2)ncc1Br. The van der Waals surface area contributed by atoms with Crippen molar-refractivity contribution in [2.75, 3.05) is 38.2 Å². The Morgan fingerprint density at radius 3 is 2.74 bits per heavy atom. The van der Waals surface area contributed by atoms with Crippen molar-refractivity contribution in [2.24, 2.45) is 0 Å². The normalized spacial score (nSPS) is 15.7. The zero-order valence-corrected chi connectivity index (χ0v) is 15.1. The Morgan fingerprint density at radius 1 is 1.26 bits per heavy atom. The van der Waals surface area contributed by atoms with Gasteiger partial charge < -0.3 is 9.64 Å². The zero-order valence-electron chi connectivity index (χ0n) is 12.7. The molecule has 1 fully saturated rings. The highest BCUT2D eigenvalue weighted by molar-refractivity contribution is 9.10. The Kier molecular flexibility index (Phi) is 5.30. The average Bonchev–Trinajstić information content (AvgIpc) is 2.58. The van der Waals surface area contributed by atoms with Gasteiger partial charge >= 0.3 is 0 Å². The fourth-order valence-corrected chi connectivity index (χ4v) is 3.02. The lowest BCUT2D eigenvalue weighted by Gasteiger charge is -2.34. The van der Waals surface area contributed by atoms with Gasteiger partial charge in [-0.15, -0.1) is 0 Å². The maximum atomic E-state index is 6.18. The van der Waals surface area contributed by atoms with Crippen LogP contribution in [0.5, 0.6) is 5.88 Å². The van der Waals surface area contributed by atoms with Crippen molar-refractivity contribution in [3.05, 3.63) is 39.7 Å². The topological polar surface area (TPSA) is 54.4 Å². The molecule has 0 bridgehead atoms. The molecule has 0 atom stereocenters. The standard InChI is InChI=1S/C15H17BrClN5O/c1-23-14-11(16)9-19-15(20-14)22-7-5-21(6-8-22)10-13-12(17)3-2-4-18-13/h2-4,9H,5-8,10H2,1H3. The molecule has 1 aliphatic rings. The van der Waals surface area contributed by atoms with E-state index in [1.54, 1.807) is 19.5 Å². The molecule has 122 valence electrons. The van der Waals surface area contributed by atoms with E-state index in [0.29, 0.717) is 11.8 Å². The monoisotopic (exact) mass is 397 g/mol. The molecule has 0 N–H and O–H groups in total. The van der Waals surface area contributed by atoms with Gasteiger partial charge in [0.2, 0.25) is 11.8 Å². The Hall–Kier alpha value is -1.44. The van der Waals surface area contributed by atoms with Crippen LogP contribution in [-0.4, -0.2) is 53.1 Å². The number of aromatic nitrogens is 3. The molecule has 3 heterocycles. The summed E-state index contributed by atoms with van der Waals surface area (Å²) in [7, 11) is 1.60. The summed E-state index contributed by atoms with van der Waals surface area (Å²) in [5.41, 5.74) is 0.921. The van der Waals surface area contributed by atoms with Crippen molar-refractivity contribution in [1.29, 1.82) is 0 Å². The third-order valence-electron chi connectivity index (χ3n) is 3.76. The molecule has 8 heteroatoms. The van der Waals surface area contributed by atoms with Gasteiger partial charge in [-0.25, -0.2) is 4.98 Å². The quantitative estimate of drug-likeness (QED) is 0.789. The largest absolute Gasteiger partial charge is 0.480 e. The maximum Gasteiger partial charge on any atom is 0.232 e. The number of hydrogen-bond acceptors (Lipinski definition) is 6.